The molecule has 0 saturated heterocycles. The summed E-state index contributed by atoms with van der Waals surface area (Å²) in [7, 11) is 1.65. The summed E-state index contributed by atoms with van der Waals surface area (Å²) >= 11 is 0. The molecule has 2 aliphatic rings. The summed E-state index contributed by atoms with van der Waals surface area (Å²) in [4.78, 5) is 24.8. The minimum Gasteiger partial charge on any atom is -0.497 e. The van der Waals surface area contributed by atoms with Crippen LogP contribution in [-0.2, 0) is 35.3 Å². The van der Waals surface area contributed by atoms with Crippen LogP contribution in [0.2, 0.25) is 0 Å². The Morgan fingerprint density at radius 2 is 0.860 bits per heavy atom. The Bertz CT molecular complexity index is 1560. The zero-order valence-corrected chi connectivity index (χ0v) is 30.0. The summed E-state index contributed by atoms with van der Waals surface area (Å²) < 4.78 is 5.17. The minimum absolute atomic E-state index is 0.105. The monoisotopic (exact) mass is 672 g/mol. The van der Waals surface area contributed by atoms with E-state index in [1.807, 2.05) is 54.6 Å². The lowest BCUT2D eigenvalue weighted by Crippen LogP contribution is -2.41. The van der Waals surface area contributed by atoms with Gasteiger partial charge in [0.1, 0.15) is 5.75 Å². The molecular formula is C45H56N2O3. The Kier molecular flexibility index (Phi) is 14.1. The zero-order chi connectivity index (χ0) is 34.9. The Hall–Kier alpha value is -4.38. The molecule has 5 heteroatoms. The van der Waals surface area contributed by atoms with Crippen LogP contribution in [-0.4, -0.2) is 32.0 Å². The molecule has 2 N–H and O–H groups in total. The van der Waals surface area contributed by atoms with E-state index in [2.05, 4.69) is 71.3 Å². The molecule has 0 bridgehead atoms. The van der Waals surface area contributed by atoms with Crippen LogP contribution in [0.4, 0.5) is 0 Å². The van der Waals surface area contributed by atoms with Crippen LogP contribution in [0, 0.1) is 10.8 Å². The van der Waals surface area contributed by atoms with Crippen molar-refractivity contribution in [3.63, 3.8) is 0 Å². The van der Waals surface area contributed by atoms with E-state index >= 15 is 0 Å². The predicted molar refractivity (Wildman–Crippen MR) is 204 cm³/mol. The molecule has 2 amide bonds. The third kappa shape index (κ3) is 11.9. The highest BCUT2D eigenvalue weighted by Gasteiger charge is 2.33. The molecule has 2 saturated carbocycles. The molecule has 2 aliphatic carbocycles. The number of benzene rings is 4. The van der Waals surface area contributed by atoms with E-state index in [0.717, 1.165) is 42.8 Å². The van der Waals surface area contributed by atoms with Crippen molar-refractivity contribution < 1.29 is 14.3 Å². The fourth-order valence-electron chi connectivity index (χ4n) is 7.90. The van der Waals surface area contributed by atoms with Gasteiger partial charge in [-0.1, -0.05) is 142 Å². The van der Waals surface area contributed by atoms with Gasteiger partial charge in [-0.2, -0.15) is 0 Å². The number of hydrogen-bond acceptors (Lipinski definition) is 3. The number of amides is 2. The summed E-state index contributed by atoms with van der Waals surface area (Å²) in [6.07, 6.45) is 15.6. The molecule has 0 aliphatic heterocycles. The highest BCUT2D eigenvalue weighted by atomic mass is 16.5. The fourth-order valence-corrected chi connectivity index (χ4v) is 7.90. The van der Waals surface area contributed by atoms with Crippen molar-refractivity contribution in [2.45, 2.75) is 89.9 Å². The van der Waals surface area contributed by atoms with Gasteiger partial charge >= 0.3 is 0 Å². The van der Waals surface area contributed by atoms with Gasteiger partial charge in [-0.25, -0.2) is 0 Å². The van der Waals surface area contributed by atoms with E-state index in [-0.39, 0.29) is 22.6 Å². The van der Waals surface area contributed by atoms with Crippen LogP contribution in [0.15, 0.2) is 115 Å². The Morgan fingerprint density at radius 1 is 0.500 bits per heavy atom. The van der Waals surface area contributed by atoms with Crippen molar-refractivity contribution in [3.05, 3.63) is 138 Å². The van der Waals surface area contributed by atoms with E-state index < -0.39 is 0 Å². The maximum absolute atomic E-state index is 12.5. The van der Waals surface area contributed by atoms with Crippen molar-refractivity contribution in [2.75, 3.05) is 20.2 Å². The van der Waals surface area contributed by atoms with Crippen molar-refractivity contribution in [1.29, 1.82) is 0 Å². The first-order chi connectivity index (χ1) is 24.4. The van der Waals surface area contributed by atoms with Crippen molar-refractivity contribution in [1.82, 2.24) is 10.6 Å². The first-order valence-electron chi connectivity index (χ1n) is 18.7. The maximum Gasteiger partial charge on any atom is 0.224 e. The number of ether oxygens (including phenoxy) is 1. The second-order valence-corrected chi connectivity index (χ2v) is 14.7. The van der Waals surface area contributed by atoms with E-state index in [0.29, 0.717) is 12.8 Å². The van der Waals surface area contributed by atoms with Gasteiger partial charge in [-0.05, 0) is 83.7 Å². The van der Waals surface area contributed by atoms with Gasteiger partial charge in [0.2, 0.25) is 11.8 Å². The molecule has 4 aromatic carbocycles. The Balaban J connectivity index is 0.000000195. The third-order valence-corrected chi connectivity index (χ3v) is 10.7. The van der Waals surface area contributed by atoms with Crippen molar-refractivity contribution in [3.8, 4) is 5.75 Å². The van der Waals surface area contributed by atoms with Crippen LogP contribution in [0.5, 0.6) is 5.75 Å². The van der Waals surface area contributed by atoms with E-state index in [9.17, 15) is 9.59 Å². The molecule has 2 fully saturated rings. The number of rotatable bonds is 13. The van der Waals surface area contributed by atoms with Crippen molar-refractivity contribution in [2.24, 2.45) is 10.8 Å². The number of nitrogens with one attached hydrogen (secondary N) is 2. The van der Waals surface area contributed by atoms with Crippen LogP contribution >= 0.6 is 0 Å². The second kappa shape index (κ2) is 19.1. The molecule has 0 atom stereocenters. The molecule has 0 unspecified atom stereocenters. The molecule has 264 valence electrons. The summed E-state index contributed by atoms with van der Waals surface area (Å²) in [6, 6.07) is 39.1. The standard InChI is InChI=1S/C23H29NO2.C22H27NO/c1-26-21-12-10-19(11-13-21)16-22(25)24-18-23(14-6-3-7-15-23)17-20-8-4-2-5-9-20;24-21(16-19-10-4-1-5-11-19)23-18-22(14-8-3-9-15-22)17-20-12-6-2-7-13-20/h2,4-5,8-13H,3,6-7,14-18H2,1H3,(H,24,25);1-2,4-7,10-13H,3,8-9,14-18H2,(H,23,24). The average Bonchev–Trinajstić information content (AvgIpc) is 3.16. The van der Waals surface area contributed by atoms with Gasteiger partial charge in [0.05, 0.1) is 20.0 Å². The normalized spacial score (nSPS) is 16.3. The zero-order valence-electron chi connectivity index (χ0n) is 30.0. The van der Waals surface area contributed by atoms with Gasteiger partial charge in [0, 0.05) is 13.1 Å². The third-order valence-electron chi connectivity index (χ3n) is 10.7. The molecule has 0 spiro atoms. The lowest BCUT2D eigenvalue weighted by molar-refractivity contribution is -0.121. The lowest BCUT2D eigenvalue weighted by atomic mass is 9.70. The number of carbonyl (C=O) groups is 2. The van der Waals surface area contributed by atoms with Crippen molar-refractivity contribution >= 4 is 11.8 Å². The summed E-state index contributed by atoms with van der Waals surface area (Å²) in [5.74, 6) is 1.06. The van der Waals surface area contributed by atoms with Crippen LogP contribution in [0.3, 0.4) is 0 Å². The minimum atomic E-state index is 0.105. The second-order valence-electron chi connectivity index (χ2n) is 14.7. The van der Waals surface area contributed by atoms with Crippen LogP contribution in [0.25, 0.3) is 0 Å². The highest BCUT2D eigenvalue weighted by Crippen LogP contribution is 2.40. The van der Waals surface area contributed by atoms with Gasteiger partial charge in [-0.3, -0.25) is 9.59 Å². The van der Waals surface area contributed by atoms with Gasteiger partial charge in [0.25, 0.3) is 0 Å². The fraction of sp³-hybridized carbons (Fsp3) is 0.422. The van der Waals surface area contributed by atoms with Gasteiger partial charge < -0.3 is 15.4 Å². The predicted octanol–water partition coefficient (Wildman–Crippen LogP) is 9.09. The number of hydrogen-bond donors (Lipinski definition) is 2. The highest BCUT2D eigenvalue weighted by molar-refractivity contribution is 5.79. The Labute approximate surface area is 300 Å². The molecule has 0 aromatic heterocycles. The smallest absolute Gasteiger partial charge is 0.224 e. The van der Waals surface area contributed by atoms with E-state index in [1.54, 1.807) is 7.11 Å². The van der Waals surface area contributed by atoms with Gasteiger partial charge in [0.15, 0.2) is 0 Å². The topological polar surface area (TPSA) is 67.4 Å². The molecule has 50 heavy (non-hydrogen) atoms. The van der Waals surface area contributed by atoms with E-state index in [1.165, 1.54) is 75.3 Å². The summed E-state index contributed by atoms with van der Waals surface area (Å²) in [6.45, 7) is 1.57. The first-order valence-corrected chi connectivity index (χ1v) is 18.7. The van der Waals surface area contributed by atoms with Gasteiger partial charge in [-0.15, -0.1) is 0 Å². The Morgan fingerprint density at radius 3 is 1.24 bits per heavy atom. The van der Waals surface area contributed by atoms with Crippen LogP contribution in [0.1, 0.15) is 86.5 Å². The lowest BCUT2D eigenvalue weighted by Gasteiger charge is -2.38. The SMILES string of the molecule is COc1ccc(CC(=O)NCC2(Cc3ccccc3)CCCCC2)cc1.O=C(Cc1ccccc1)NCC1(Cc2ccccc2)CCCCC1. The summed E-state index contributed by atoms with van der Waals surface area (Å²) in [5.41, 5.74) is 5.29. The maximum atomic E-state index is 12.5. The quantitative estimate of drug-likeness (QED) is 0.149. The molecule has 6 rings (SSSR count). The largest absolute Gasteiger partial charge is 0.497 e. The van der Waals surface area contributed by atoms with Crippen LogP contribution < -0.4 is 15.4 Å². The summed E-state index contributed by atoms with van der Waals surface area (Å²) in [5, 5.41) is 6.44. The average molecular weight is 673 g/mol. The molecule has 0 radical (unpaired) electrons. The number of methoxy groups -OCH3 is 1. The first kappa shape index (κ1) is 36.9. The molecular weight excluding hydrogens is 617 g/mol. The molecule has 4 aromatic rings. The number of carbonyl (C=O) groups excluding carboxylic acids is 2. The molecule has 0 heterocycles. The molecule has 5 nitrogen and oxygen atoms in total. The van der Waals surface area contributed by atoms with E-state index in [4.69, 9.17) is 4.74 Å².